The topological polar surface area (TPSA) is 83.5 Å². The number of aliphatic hydroxyl groups excluding tert-OH is 1. The number of hydrogen-bond donors (Lipinski definition) is 1. The Morgan fingerprint density at radius 1 is 1.11 bits per heavy atom. The van der Waals surface area contributed by atoms with Crippen LogP contribution in [0.1, 0.15) is 71.8 Å². The van der Waals surface area contributed by atoms with Crippen LogP contribution in [0.25, 0.3) is 0 Å². The van der Waals surface area contributed by atoms with Crippen molar-refractivity contribution in [3.8, 4) is 0 Å². The summed E-state index contributed by atoms with van der Waals surface area (Å²) >= 11 is 3.18. The Morgan fingerprint density at radius 2 is 1.79 bits per heavy atom. The second-order valence-electron chi connectivity index (χ2n) is 10.1. The summed E-state index contributed by atoms with van der Waals surface area (Å²) in [7, 11) is 0. The molecule has 0 radical (unpaired) electrons. The van der Waals surface area contributed by atoms with Gasteiger partial charge in [0.15, 0.2) is 15.6 Å². The number of ether oxygens (including phenoxy) is 5. The van der Waals surface area contributed by atoms with Gasteiger partial charge in [0, 0.05) is 33.5 Å². The predicted molar refractivity (Wildman–Crippen MR) is 153 cm³/mol. The second-order valence-corrected chi connectivity index (χ2v) is 13.1. The molecule has 0 spiro atoms. The lowest BCUT2D eigenvalue weighted by Crippen LogP contribution is -2.40. The maximum atomic E-state index is 13.5. The zero-order valence-electron chi connectivity index (χ0n) is 23.2. The molecule has 2 fully saturated rings. The Labute approximate surface area is 236 Å². The van der Waals surface area contributed by atoms with Gasteiger partial charge in [-0.2, -0.15) is 0 Å². The average molecular weight is 569 g/mol. The van der Waals surface area contributed by atoms with Crippen molar-refractivity contribution in [1.29, 1.82) is 0 Å². The van der Waals surface area contributed by atoms with Gasteiger partial charge in [-0.15, -0.1) is 23.5 Å². The van der Waals surface area contributed by atoms with Gasteiger partial charge in [0.25, 0.3) is 0 Å². The number of aliphatic hydroxyl groups is 1. The van der Waals surface area contributed by atoms with Crippen molar-refractivity contribution < 1.29 is 33.6 Å². The molecule has 1 aromatic carbocycles. The number of hydrogen-bond acceptors (Lipinski definition) is 9. The highest BCUT2D eigenvalue weighted by Gasteiger charge is 2.51. The number of carbonyl (C=O) groups excluding carboxylic acids is 1. The molecule has 2 aliphatic rings. The Morgan fingerprint density at radius 3 is 2.47 bits per heavy atom. The smallest absolute Gasteiger partial charge is 0.332 e. The minimum Gasteiger partial charge on any atom is -0.506 e. The van der Waals surface area contributed by atoms with E-state index in [1.165, 1.54) is 0 Å². The largest absolute Gasteiger partial charge is 0.506 e. The first-order chi connectivity index (χ1) is 18.3. The fourth-order valence-electron chi connectivity index (χ4n) is 4.24. The van der Waals surface area contributed by atoms with E-state index < -0.39 is 22.1 Å². The molecule has 2 atom stereocenters. The summed E-state index contributed by atoms with van der Waals surface area (Å²) in [6.45, 7) is 9.37. The highest BCUT2D eigenvalue weighted by Crippen LogP contribution is 2.50. The zero-order chi connectivity index (χ0) is 27.4. The van der Waals surface area contributed by atoms with Crippen LogP contribution in [0.3, 0.4) is 0 Å². The summed E-state index contributed by atoms with van der Waals surface area (Å²) in [6, 6.07) is 9.68. The molecule has 0 aromatic heterocycles. The third kappa shape index (κ3) is 9.08. The summed E-state index contributed by atoms with van der Waals surface area (Å²) in [4.78, 5) is 13.5. The van der Waals surface area contributed by atoms with Gasteiger partial charge in [-0.25, -0.2) is 4.79 Å². The third-order valence-electron chi connectivity index (χ3n) is 6.30. The quantitative estimate of drug-likeness (QED) is 0.143. The SMILES string of the molecule is CCCCOCC(OCCCC)/C(O)=C1\OC(C)(C)OC1CC1(C(=O)OCc2ccccc2)SCCCS1. The van der Waals surface area contributed by atoms with Gasteiger partial charge in [0.2, 0.25) is 5.79 Å². The van der Waals surface area contributed by atoms with Crippen LogP contribution in [-0.2, 0) is 35.1 Å². The molecular weight excluding hydrogens is 524 g/mol. The Hall–Kier alpha value is -1.39. The van der Waals surface area contributed by atoms with E-state index in [4.69, 9.17) is 23.7 Å². The normalized spacial score (nSPS) is 22.5. The third-order valence-corrected chi connectivity index (χ3v) is 9.59. The number of esters is 1. The number of carbonyl (C=O) groups is 1. The Bertz CT molecular complexity index is 884. The van der Waals surface area contributed by atoms with Crippen LogP contribution in [0, 0.1) is 0 Å². The molecule has 0 saturated carbocycles. The first kappa shape index (κ1) is 31.1. The molecule has 0 bridgehead atoms. The highest BCUT2D eigenvalue weighted by atomic mass is 32.2. The van der Waals surface area contributed by atoms with Crippen molar-refractivity contribution in [1.82, 2.24) is 0 Å². The van der Waals surface area contributed by atoms with Crippen molar-refractivity contribution in [2.75, 3.05) is 31.3 Å². The van der Waals surface area contributed by atoms with Crippen LogP contribution in [-0.4, -0.2) is 64.5 Å². The molecule has 1 N–H and O–H groups in total. The molecule has 214 valence electrons. The van der Waals surface area contributed by atoms with E-state index in [0.29, 0.717) is 25.4 Å². The van der Waals surface area contributed by atoms with Gasteiger partial charge in [-0.05, 0) is 36.3 Å². The van der Waals surface area contributed by atoms with Crippen molar-refractivity contribution in [2.45, 2.75) is 94.9 Å². The van der Waals surface area contributed by atoms with Crippen LogP contribution in [0.2, 0.25) is 0 Å². The summed E-state index contributed by atoms with van der Waals surface area (Å²) in [5, 5.41) is 11.4. The molecule has 2 heterocycles. The first-order valence-electron chi connectivity index (χ1n) is 13.8. The zero-order valence-corrected chi connectivity index (χ0v) is 24.9. The van der Waals surface area contributed by atoms with Crippen LogP contribution in [0.4, 0.5) is 0 Å². The van der Waals surface area contributed by atoms with Crippen LogP contribution in [0.15, 0.2) is 41.9 Å². The van der Waals surface area contributed by atoms with E-state index >= 15 is 0 Å². The maximum Gasteiger partial charge on any atom is 0.332 e. The predicted octanol–water partition coefficient (Wildman–Crippen LogP) is 6.61. The summed E-state index contributed by atoms with van der Waals surface area (Å²) in [5.41, 5.74) is 0.941. The first-order valence-corrected chi connectivity index (χ1v) is 15.8. The molecule has 0 amide bonds. The van der Waals surface area contributed by atoms with Gasteiger partial charge in [-0.1, -0.05) is 57.0 Å². The van der Waals surface area contributed by atoms with Crippen LogP contribution >= 0.6 is 23.5 Å². The van der Waals surface area contributed by atoms with Crippen molar-refractivity contribution in [3.63, 3.8) is 0 Å². The molecule has 0 aliphatic carbocycles. The van der Waals surface area contributed by atoms with Crippen LogP contribution in [0.5, 0.6) is 0 Å². The summed E-state index contributed by atoms with van der Waals surface area (Å²) in [6.07, 6.45) is 3.88. The number of benzene rings is 1. The molecule has 1 aromatic rings. The van der Waals surface area contributed by atoms with E-state index in [9.17, 15) is 9.90 Å². The highest BCUT2D eigenvalue weighted by molar-refractivity contribution is 8.19. The average Bonchev–Trinajstić information content (AvgIpc) is 3.22. The maximum absolute atomic E-state index is 13.5. The van der Waals surface area contributed by atoms with Gasteiger partial charge < -0.3 is 28.8 Å². The lowest BCUT2D eigenvalue weighted by molar-refractivity contribution is -0.149. The fourth-order valence-corrected chi connectivity index (χ4v) is 7.39. The summed E-state index contributed by atoms with van der Waals surface area (Å²) < 4.78 is 29.2. The minimum absolute atomic E-state index is 0.0215. The molecular formula is C29H44O7S2. The monoisotopic (exact) mass is 568 g/mol. The Balaban J connectivity index is 1.81. The lowest BCUT2D eigenvalue weighted by atomic mass is 10.1. The molecule has 2 aliphatic heterocycles. The lowest BCUT2D eigenvalue weighted by Gasteiger charge is -2.35. The van der Waals surface area contributed by atoms with E-state index in [0.717, 1.165) is 49.2 Å². The van der Waals surface area contributed by atoms with Crippen molar-refractivity contribution in [3.05, 3.63) is 47.4 Å². The Kier molecular flexibility index (Phi) is 12.6. The standard InChI is InChI=1S/C29H44O7S2/c1-5-7-15-32-21-24(33-16-8-6-2)25(30)26-23(35-28(3,4)36-26)19-29(37-17-12-18-38-29)27(31)34-20-22-13-10-9-11-14-22/h9-11,13-14,23-24,30H,5-8,12,15-21H2,1-4H3/b26-25+. The van der Waals surface area contributed by atoms with Gasteiger partial charge in [-0.3, -0.25) is 0 Å². The number of unbranched alkanes of at least 4 members (excludes halogenated alkanes) is 2. The van der Waals surface area contributed by atoms with Gasteiger partial charge in [0.1, 0.15) is 18.8 Å². The molecule has 2 unspecified atom stereocenters. The van der Waals surface area contributed by atoms with E-state index in [1.54, 1.807) is 23.5 Å². The minimum atomic E-state index is -0.954. The van der Waals surface area contributed by atoms with Gasteiger partial charge >= 0.3 is 5.97 Å². The van der Waals surface area contributed by atoms with E-state index in [2.05, 4.69) is 13.8 Å². The summed E-state index contributed by atoms with van der Waals surface area (Å²) in [5.74, 6) is 0.767. The van der Waals surface area contributed by atoms with Crippen LogP contribution < -0.4 is 0 Å². The molecule has 9 heteroatoms. The molecule has 3 rings (SSSR count). The van der Waals surface area contributed by atoms with Crippen molar-refractivity contribution in [2.24, 2.45) is 0 Å². The molecule has 7 nitrogen and oxygen atoms in total. The van der Waals surface area contributed by atoms with Crippen molar-refractivity contribution >= 4 is 29.5 Å². The molecule has 2 saturated heterocycles. The molecule has 38 heavy (non-hydrogen) atoms. The fraction of sp³-hybridized carbons (Fsp3) is 0.690. The van der Waals surface area contributed by atoms with Gasteiger partial charge in [0.05, 0.1) is 6.61 Å². The van der Waals surface area contributed by atoms with E-state index in [-0.39, 0.29) is 24.9 Å². The number of thioether (sulfide) groups is 2. The second kappa shape index (κ2) is 15.4. The van der Waals surface area contributed by atoms with E-state index in [1.807, 2.05) is 44.2 Å². The number of rotatable bonds is 15.